The summed E-state index contributed by atoms with van der Waals surface area (Å²) in [7, 11) is 0. The van der Waals surface area contributed by atoms with Gasteiger partial charge in [0.1, 0.15) is 0 Å². The Morgan fingerprint density at radius 3 is 2.85 bits per heavy atom. The summed E-state index contributed by atoms with van der Waals surface area (Å²) in [4.78, 5) is 0. The minimum Gasteiger partial charge on any atom is -0.379 e. The molecule has 1 aromatic rings. The van der Waals surface area contributed by atoms with E-state index in [4.69, 9.17) is 5.26 Å². The van der Waals surface area contributed by atoms with Crippen molar-refractivity contribution in [3.63, 3.8) is 0 Å². The summed E-state index contributed by atoms with van der Waals surface area (Å²) in [6.45, 7) is 0.850. The number of rotatable bonds is 1. The molecule has 0 unspecified atom stereocenters. The lowest BCUT2D eigenvalue weighted by molar-refractivity contribution is 0.840. The van der Waals surface area contributed by atoms with Crippen LogP contribution < -0.4 is 5.32 Å². The maximum atomic E-state index is 8.95. The Balaban J connectivity index is 2.04. The number of halogens is 2. The Morgan fingerprint density at radius 2 is 2.15 bits per heavy atom. The van der Waals surface area contributed by atoms with Gasteiger partial charge in [0.15, 0.2) is 0 Å². The summed E-state index contributed by atoms with van der Waals surface area (Å²) in [5, 5.41) is 12.4. The normalized spacial score (nSPS) is 20.9. The van der Waals surface area contributed by atoms with E-state index in [9.17, 15) is 0 Å². The smallest absolute Gasteiger partial charge is 0.0700 e. The van der Waals surface area contributed by atoms with Gasteiger partial charge in [0.2, 0.25) is 0 Å². The van der Waals surface area contributed by atoms with Crippen LogP contribution in [-0.4, -0.2) is 6.54 Å². The van der Waals surface area contributed by atoms with Gasteiger partial charge in [-0.15, -0.1) is 0 Å². The Morgan fingerprint density at radius 1 is 1.35 bits per heavy atom. The molecule has 1 aliphatic heterocycles. The molecule has 0 saturated heterocycles. The monoisotopic (exact) mass is 438 g/mol. The Bertz CT molecular complexity index is 695. The van der Waals surface area contributed by atoms with Crippen LogP contribution in [0.2, 0.25) is 0 Å². The zero-order valence-corrected chi connectivity index (χ0v) is 14.4. The first kappa shape index (κ1) is 13.9. The van der Waals surface area contributed by atoms with E-state index in [1.165, 1.54) is 30.4 Å². The van der Waals surface area contributed by atoms with E-state index in [1.54, 1.807) is 0 Å². The summed E-state index contributed by atoms with van der Waals surface area (Å²) < 4.78 is 2.45. The van der Waals surface area contributed by atoms with Crippen LogP contribution in [-0.2, 0) is 0 Å². The van der Waals surface area contributed by atoms with Crippen molar-refractivity contribution in [1.82, 2.24) is 0 Å². The zero-order chi connectivity index (χ0) is 14.1. The molecule has 1 aromatic carbocycles. The largest absolute Gasteiger partial charge is 0.379 e. The van der Waals surface area contributed by atoms with Crippen molar-refractivity contribution in [1.29, 1.82) is 5.26 Å². The Kier molecular flexibility index (Phi) is 3.99. The van der Waals surface area contributed by atoms with Gasteiger partial charge in [-0.05, 0) is 50.5 Å². The van der Waals surface area contributed by atoms with E-state index < -0.39 is 0 Å². The number of nitrogens with one attached hydrogen (secondary N) is 1. The minimum absolute atomic E-state index is 0.0128. The summed E-state index contributed by atoms with van der Waals surface area (Å²) in [5.41, 5.74) is 4.77. The highest BCUT2D eigenvalue weighted by atomic mass is 127. The van der Waals surface area contributed by atoms with Crippen molar-refractivity contribution in [3.8, 4) is 6.07 Å². The van der Waals surface area contributed by atoms with Crippen LogP contribution in [0.3, 0.4) is 0 Å². The second kappa shape index (κ2) is 5.74. The number of allylic oxidation sites excluding steroid dienone is 4. The topological polar surface area (TPSA) is 35.8 Å². The van der Waals surface area contributed by atoms with E-state index in [0.29, 0.717) is 0 Å². The number of hydrogen-bond donors (Lipinski definition) is 1. The van der Waals surface area contributed by atoms with Gasteiger partial charge < -0.3 is 5.32 Å². The van der Waals surface area contributed by atoms with Crippen LogP contribution in [0.25, 0.3) is 10.1 Å². The molecule has 0 radical (unpaired) electrons. The van der Waals surface area contributed by atoms with Crippen molar-refractivity contribution in [2.45, 2.75) is 6.42 Å². The SMILES string of the molecule is N#C[C@@H]1C=CC(c2cccc3c2NCC(I)=C3Br)=CC1. The lowest BCUT2D eigenvalue weighted by atomic mass is 9.91. The molecule has 0 fully saturated rings. The molecule has 4 heteroatoms. The Labute approximate surface area is 140 Å². The molecule has 1 N–H and O–H groups in total. The molecule has 1 heterocycles. The van der Waals surface area contributed by atoms with Crippen LogP contribution >= 0.6 is 38.5 Å². The summed E-state index contributed by atoms with van der Waals surface area (Å²) in [5.74, 6) is 0.0128. The average molecular weight is 439 g/mol. The van der Waals surface area contributed by atoms with Crippen molar-refractivity contribution >= 4 is 54.3 Å². The second-order valence-corrected chi connectivity index (χ2v) is 6.89. The van der Waals surface area contributed by atoms with E-state index in [1.807, 2.05) is 6.08 Å². The van der Waals surface area contributed by atoms with E-state index in [2.05, 4.69) is 80.3 Å². The quantitative estimate of drug-likeness (QED) is 0.619. The Hall–Kier alpha value is -1.06. The van der Waals surface area contributed by atoms with Gasteiger partial charge in [-0.25, -0.2) is 0 Å². The lowest BCUT2D eigenvalue weighted by Gasteiger charge is -2.23. The fourth-order valence-electron chi connectivity index (χ4n) is 2.47. The van der Waals surface area contributed by atoms with Gasteiger partial charge in [0.25, 0.3) is 0 Å². The molecule has 0 aromatic heterocycles. The predicted molar refractivity (Wildman–Crippen MR) is 95.6 cm³/mol. The molecule has 100 valence electrons. The number of benzene rings is 1. The summed E-state index contributed by atoms with van der Waals surface area (Å²) >= 11 is 6.04. The molecule has 0 saturated carbocycles. The maximum absolute atomic E-state index is 8.95. The van der Waals surface area contributed by atoms with Crippen molar-refractivity contribution in [2.75, 3.05) is 11.9 Å². The summed E-state index contributed by atoms with van der Waals surface area (Å²) in [6, 6.07) is 8.62. The average Bonchev–Trinajstić information content (AvgIpc) is 2.51. The number of nitrogens with zero attached hydrogens (tertiary/aromatic N) is 1. The van der Waals surface area contributed by atoms with E-state index in [-0.39, 0.29) is 5.92 Å². The molecular weight excluding hydrogens is 427 g/mol. The van der Waals surface area contributed by atoms with Crippen LogP contribution in [0.1, 0.15) is 17.5 Å². The highest BCUT2D eigenvalue weighted by molar-refractivity contribution is 14.1. The van der Waals surface area contributed by atoms with E-state index >= 15 is 0 Å². The van der Waals surface area contributed by atoms with Gasteiger partial charge in [0, 0.05) is 25.7 Å². The van der Waals surface area contributed by atoms with Gasteiger partial charge >= 0.3 is 0 Å². The third-order valence-corrected chi connectivity index (χ3v) is 6.10. The summed E-state index contributed by atoms with van der Waals surface area (Å²) in [6.07, 6.45) is 7.00. The van der Waals surface area contributed by atoms with Gasteiger partial charge in [-0.1, -0.05) is 36.4 Å². The minimum atomic E-state index is 0.0128. The van der Waals surface area contributed by atoms with Gasteiger partial charge in [0.05, 0.1) is 17.7 Å². The zero-order valence-electron chi connectivity index (χ0n) is 10.7. The van der Waals surface area contributed by atoms with Gasteiger partial charge in [-0.3, -0.25) is 0 Å². The third kappa shape index (κ3) is 2.45. The van der Waals surface area contributed by atoms with Crippen LogP contribution in [0, 0.1) is 17.2 Å². The molecular formula is C16H12BrIN2. The molecule has 3 rings (SSSR count). The number of fused-ring (bicyclic) bond motifs is 1. The third-order valence-electron chi connectivity index (χ3n) is 3.54. The first-order valence-corrected chi connectivity index (χ1v) is 8.27. The van der Waals surface area contributed by atoms with Crippen molar-refractivity contribution < 1.29 is 0 Å². The van der Waals surface area contributed by atoms with Crippen LogP contribution in [0.4, 0.5) is 5.69 Å². The van der Waals surface area contributed by atoms with Crippen molar-refractivity contribution in [3.05, 3.63) is 51.1 Å². The van der Waals surface area contributed by atoms with Crippen molar-refractivity contribution in [2.24, 2.45) is 5.92 Å². The number of anilines is 1. The molecule has 0 amide bonds. The first-order valence-electron chi connectivity index (χ1n) is 6.40. The highest BCUT2D eigenvalue weighted by Gasteiger charge is 2.19. The predicted octanol–water partition coefficient (Wildman–Crippen LogP) is 5.09. The number of nitriles is 1. The van der Waals surface area contributed by atoms with E-state index in [0.717, 1.165) is 13.0 Å². The highest BCUT2D eigenvalue weighted by Crippen LogP contribution is 2.41. The molecule has 1 atom stereocenters. The molecule has 20 heavy (non-hydrogen) atoms. The molecule has 2 aliphatic rings. The van der Waals surface area contributed by atoms with Gasteiger partial charge in [-0.2, -0.15) is 5.26 Å². The van der Waals surface area contributed by atoms with Crippen LogP contribution in [0.5, 0.6) is 0 Å². The lowest BCUT2D eigenvalue weighted by Crippen LogP contribution is -2.11. The fourth-order valence-corrected chi connectivity index (χ4v) is 3.42. The van der Waals surface area contributed by atoms with Crippen LogP contribution in [0.15, 0.2) is 40.0 Å². The fraction of sp³-hybridized carbons (Fsp3) is 0.188. The first-order chi connectivity index (χ1) is 9.70. The molecule has 1 aliphatic carbocycles. The molecule has 2 nitrogen and oxygen atoms in total. The standard InChI is InChI=1S/C16H12BrIN2/c17-15-13-3-1-2-12(16(13)20-9-14(15)18)11-6-4-10(8-19)5-7-11/h1-4,6-7,10,20H,5,9H2/t10-/m1/s1. The number of hydrogen-bond acceptors (Lipinski definition) is 2. The molecule has 0 spiro atoms. The number of para-hydroxylation sites is 1. The maximum Gasteiger partial charge on any atom is 0.0700 e. The molecule has 0 bridgehead atoms. The second-order valence-electron chi connectivity index (χ2n) is 4.79.